The second kappa shape index (κ2) is 6.24. The van der Waals surface area contributed by atoms with E-state index in [4.69, 9.17) is 0 Å². The van der Waals surface area contributed by atoms with Crippen molar-refractivity contribution in [2.75, 3.05) is 0 Å². The number of carboxylic acid groups (broad SMARTS) is 1. The van der Waals surface area contributed by atoms with Gasteiger partial charge in [0, 0.05) is 5.56 Å². The molecule has 2 N–H and O–H groups in total. The number of hydrogen-bond donors (Lipinski definition) is 2. The lowest BCUT2D eigenvalue weighted by atomic mass is 9.89. The van der Waals surface area contributed by atoms with E-state index in [0.29, 0.717) is 18.4 Å². The van der Waals surface area contributed by atoms with E-state index in [9.17, 15) is 19.1 Å². The maximum atomic E-state index is 13.3. The van der Waals surface area contributed by atoms with Gasteiger partial charge in [-0.15, -0.1) is 0 Å². The predicted octanol–water partition coefficient (Wildman–Crippen LogP) is 3.04. The standard InChI is InChI=1S/C16H20FNO3/c1-11-6-7-12(17)10-13(11)14(19)18-16(15(20)21)8-4-2-3-5-9-16/h6-7,10H,2-5,8-9H2,1H3,(H,18,19)(H,20,21). The van der Waals surface area contributed by atoms with Gasteiger partial charge in [-0.05, 0) is 37.5 Å². The van der Waals surface area contributed by atoms with Crippen molar-refractivity contribution in [2.24, 2.45) is 0 Å². The Labute approximate surface area is 123 Å². The van der Waals surface area contributed by atoms with Crippen molar-refractivity contribution in [1.82, 2.24) is 5.32 Å². The molecule has 5 heteroatoms. The first-order valence-corrected chi connectivity index (χ1v) is 7.27. The average Bonchev–Trinajstić information content (AvgIpc) is 2.68. The van der Waals surface area contributed by atoms with Crippen molar-refractivity contribution in [3.8, 4) is 0 Å². The summed E-state index contributed by atoms with van der Waals surface area (Å²) >= 11 is 0. The Hall–Kier alpha value is -1.91. The van der Waals surface area contributed by atoms with Gasteiger partial charge in [0.1, 0.15) is 11.4 Å². The van der Waals surface area contributed by atoms with Gasteiger partial charge in [-0.3, -0.25) is 4.79 Å². The molecule has 0 radical (unpaired) electrons. The third kappa shape index (κ3) is 3.40. The van der Waals surface area contributed by atoms with Crippen LogP contribution in [0.25, 0.3) is 0 Å². The Bertz CT molecular complexity index is 548. The predicted molar refractivity (Wildman–Crippen MR) is 76.7 cm³/mol. The molecule has 1 aliphatic rings. The maximum Gasteiger partial charge on any atom is 0.329 e. The fourth-order valence-electron chi connectivity index (χ4n) is 2.85. The fraction of sp³-hybridized carbons (Fsp3) is 0.500. The lowest BCUT2D eigenvalue weighted by molar-refractivity contribution is -0.145. The van der Waals surface area contributed by atoms with Gasteiger partial charge >= 0.3 is 5.97 Å². The Morgan fingerprint density at radius 1 is 1.19 bits per heavy atom. The van der Waals surface area contributed by atoms with Gasteiger partial charge in [0.05, 0.1) is 0 Å². The van der Waals surface area contributed by atoms with E-state index in [2.05, 4.69) is 5.32 Å². The Kier molecular flexibility index (Phi) is 4.60. The number of carbonyl (C=O) groups excluding carboxylic acids is 1. The summed E-state index contributed by atoms with van der Waals surface area (Å²) in [6.07, 6.45) is 4.34. The number of nitrogens with one attached hydrogen (secondary N) is 1. The van der Waals surface area contributed by atoms with Gasteiger partial charge in [0.25, 0.3) is 5.91 Å². The van der Waals surface area contributed by atoms with Crippen molar-refractivity contribution < 1.29 is 19.1 Å². The molecule has 21 heavy (non-hydrogen) atoms. The molecule has 1 amide bonds. The van der Waals surface area contributed by atoms with Crippen LogP contribution < -0.4 is 5.32 Å². The molecule has 0 aromatic heterocycles. The fourth-order valence-corrected chi connectivity index (χ4v) is 2.85. The molecule has 1 saturated carbocycles. The van der Waals surface area contributed by atoms with Crippen molar-refractivity contribution in [2.45, 2.75) is 51.0 Å². The zero-order valence-corrected chi connectivity index (χ0v) is 12.1. The smallest absolute Gasteiger partial charge is 0.329 e. The van der Waals surface area contributed by atoms with Crippen LogP contribution in [-0.2, 0) is 4.79 Å². The summed E-state index contributed by atoms with van der Waals surface area (Å²) in [4.78, 5) is 24.0. The summed E-state index contributed by atoms with van der Waals surface area (Å²) < 4.78 is 13.3. The molecule has 0 bridgehead atoms. The molecule has 1 aliphatic carbocycles. The molecule has 1 aromatic rings. The molecule has 0 spiro atoms. The van der Waals surface area contributed by atoms with Crippen LogP contribution in [0.5, 0.6) is 0 Å². The van der Waals surface area contributed by atoms with E-state index < -0.39 is 23.2 Å². The SMILES string of the molecule is Cc1ccc(F)cc1C(=O)NC1(C(=O)O)CCCCCC1. The van der Waals surface area contributed by atoms with E-state index >= 15 is 0 Å². The van der Waals surface area contributed by atoms with Gasteiger partial charge in [-0.2, -0.15) is 0 Å². The topological polar surface area (TPSA) is 66.4 Å². The minimum Gasteiger partial charge on any atom is -0.480 e. The summed E-state index contributed by atoms with van der Waals surface area (Å²) in [5.74, 6) is -2.03. The number of aryl methyl sites for hydroxylation is 1. The highest BCUT2D eigenvalue weighted by molar-refractivity contribution is 5.99. The second-order valence-corrected chi connectivity index (χ2v) is 5.71. The van der Waals surface area contributed by atoms with E-state index in [1.165, 1.54) is 12.1 Å². The van der Waals surface area contributed by atoms with Crippen LogP contribution in [0.1, 0.15) is 54.4 Å². The first-order chi connectivity index (χ1) is 9.94. The molecular weight excluding hydrogens is 273 g/mol. The zero-order chi connectivity index (χ0) is 15.5. The largest absolute Gasteiger partial charge is 0.480 e. The first kappa shape index (κ1) is 15.5. The number of carboxylic acids is 1. The highest BCUT2D eigenvalue weighted by Crippen LogP contribution is 2.28. The molecule has 0 unspecified atom stereocenters. The van der Waals surface area contributed by atoms with Crippen molar-refractivity contribution in [3.63, 3.8) is 0 Å². The lowest BCUT2D eigenvalue weighted by Gasteiger charge is -2.29. The number of carbonyl (C=O) groups is 2. The van der Waals surface area contributed by atoms with Crippen LogP contribution in [0.4, 0.5) is 4.39 Å². The molecule has 2 rings (SSSR count). The number of benzene rings is 1. The van der Waals surface area contributed by atoms with E-state index in [1.807, 2.05) is 0 Å². The van der Waals surface area contributed by atoms with Crippen molar-refractivity contribution in [1.29, 1.82) is 0 Å². The third-order valence-corrected chi connectivity index (χ3v) is 4.16. The summed E-state index contributed by atoms with van der Waals surface area (Å²) in [6.45, 7) is 1.70. The normalized spacial score (nSPS) is 17.8. The van der Waals surface area contributed by atoms with Crippen LogP contribution in [0.2, 0.25) is 0 Å². The molecule has 114 valence electrons. The minimum absolute atomic E-state index is 0.194. The number of hydrogen-bond acceptors (Lipinski definition) is 2. The number of amides is 1. The van der Waals surface area contributed by atoms with Gasteiger partial charge in [0.15, 0.2) is 0 Å². The van der Waals surface area contributed by atoms with Gasteiger partial charge in [-0.1, -0.05) is 31.7 Å². The molecule has 4 nitrogen and oxygen atoms in total. The Morgan fingerprint density at radius 2 is 1.81 bits per heavy atom. The number of halogens is 1. The minimum atomic E-state index is -1.23. The van der Waals surface area contributed by atoms with E-state index in [-0.39, 0.29) is 5.56 Å². The molecule has 0 aliphatic heterocycles. The third-order valence-electron chi connectivity index (χ3n) is 4.16. The summed E-state index contributed by atoms with van der Waals surface area (Å²) in [7, 11) is 0. The number of aliphatic carboxylic acids is 1. The van der Waals surface area contributed by atoms with Crippen molar-refractivity contribution >= 4 is 11.9 Å². The first-order valence-electron chi connectivity index (χ1n) is 7.27. The van der Waals surface area contributed by atoms with Crippen LogP contribution in [0.15, 0.2) is 18.2 Å². The quantitative estimate of drug-likeness (QED) is 0.842. The Morgan fingerprint density at radius 3 is 2.38 bits per heavy atom. The number of rotatable bonds is 3. The van der Waals surface area contributed by atoms with Gasteiger partial charge < -0.3 is 10.4 Å². The van der Waals surface area contributed by atoms with Crippen LogP contribution in [0, 0.1) is 12.7 Å². The molecule has 0 saturated heterocycles. The van der Waals surface area contributed by atoms with Gasteiger partial charge in [-0.25, -0.2) is 9.18 Å². The zero-order valence-electron chi connectivity index (χ0n) is 12.1. The van der Waals surface area contributed by atoms with Crippen LogP contribution >= 0.6 is 0 Å². The average molecular weight is 293 g/mol. The lowest BCUT2D eigenvalue weighted by Crippen LogP contribution is -2.54. The van der Waals surface area contributed by atoms with E-state index in [1.54, 1.807) is 6.92 Å². The van der Waals surface area contributed by atoms with Crippen LogP contribution in [-0.4, -0.2) is 22.5 Å². The van der Waals surface area contributed by atoms with Crippen LogP contribution in [0.3, 0.4) is 0 Å². The van der Waals surface area contributed by atoms with E-state index in [0.717, 1.165) is 31.7 Å². The maximum absolute atomic E-state index is 13.3. The Balaban J connectivity index is 2.26. The monoisotopic (exact) mass is 293 g/mol. The highest BCUT2D eigenvalue weighted by atomic mass is 19.1. The summed E-state index contributed by atoms with van der Waals surface area (Å²) in [5, 5.41) is 12.2. The van der Waals surface area contributed by atoms with Gasteiger partial charge in [0.2, 0.25) is 0 Å². The summed E-state index contributed by atoms with van der Waals surface area (Å²) in [6, 6.07) is 3.95. The molecular formula is C16H20FNO3. The molecule has 0 heterocycles. The molecule has 0 atom stereocenters. The second-order valence-electron chi connectivity index (χ2n) is 5.71. The molecule has 1 fully saturated rings. The molecule has 1 aromatic carbocycles. The highest BCUT2D eigenvalue weighted by Gasteiger charge is 2.40. The van der Waals surface area contributed by atoms with Crippen molar-refractivity contribution in [3.05, 3.63) is 35.1 Å². The summed E-state index contributed by atoms with van der Waals surface area (Å²) in [5.41, 5.74) is -0.408.